The van der Waals surface area contributed by atoms with Crippen molar-refractivity contribution in [3.05, 3.63) is 35.9 Å². The highest BCUT2D eigenvalue weighted by molar-refractivity contribution is 14.1. The van der Waals surface area contributed by atoms with Gasteiger partial charge < -0.3 is 14.6 Å². The van der Waals surface area contributed by atoms with Crippen LogP contribution in [-0.4, -0.2) is 34.2 Å². The molecule has 0 aliphatic carbocycles. The Labute approximate surface area is 126 Å². The van der Waals surface area contributed by atoms with Gasteiger partial charge in [-0.2, -0.15) is 0 Å². The van der Waals surface area contributed by atoms with Crippen molar-refractivity contribution in [2.45, 2.75) is 44.1 Å². The van der Waals surface area contributed by atoms with Crippen LogP contribution >= 0.6 is 22.6 Å². The van der Waals surface area contributed by atoms with E-state index in [2.05, 4.69) is 22.6 Å². The lowest BCUT2D eigenvalue weighted by Gasteiger charge is -2.36. The SMILES string of the molecule is CC(O[C@H]1CC(O)O[C@H](CI)[C@@H]1F)c1ccccc1. The predicted molar refractivity (Wildman–Crippen MR) is 79.0 cm³/mol. The van der Waals surface area contributed by atoms with Gasteiger partial charge in [-0.25, -0.2) is 4.39 Å². The zero-order valence-electron chi connectivity index (χ0n) is 10.7. The van der Waals surface area contributed by atoms with E-state index in [0.29, 0.717) is 4.43 Å². The second-order valence-electron chi connectivity index (χ2n) is 4.69. The van der Waals surface area contributed by atoms with Crippen LogP contribution in [0.3, 0.4) is 0 Å². The Morgan fingerprint density at radius 3 is 2.79 bits per heavy atom. The molecule has 1 heterocycles. The number of benzene rings is 1. The lowest BCUT2D eigenvalue weighted by molar-refractivity contribution is -0.226. The van der Waals surface area contributed by atoms with Crippen LogP contribution in [0.15, 0.2) is 30.3 Å². The predicted octanol–water partition coefficient (Wildman–Crippen LogP) is 3.01. The van der Waals surface area contributed by atoms with Gasteiger partial charge >= 0.3 is 0 Å². The Hall–Kier alpha value is -0.240. The Balaban J connectivity index is 2.01. The molecule has 0 amide bonds. The lowest BCUT2D eigenvalue weighted by Crippen LogP contribution is -2.48. The van der Waals surface area contributed by atoms with Crippen LogP contribution in [0.2, 0.25) is 0 Å². The summed E-state index contributed by atoms with van der Waals surface area (Å²) >= 11 is 2.06. The van der Waals surface area contributed by atoms with Gasteiger partial charge in [0.25, 0.3) is 0 Å². The molecule has 3 nitrogen and oxygen atoms in total. The van der Waals surface area contributed by atoms with Crippen LogP contribution in [0.4, 0.5) is 4.39 Å². The zero-order valence-corrected chi connectivity index (χ0v) is 12.9. The summed E-state index contributed by atoms with van der Waals surface area (Å²) in [5.41, 5.74) is 1.00. The molecule has 2 unspecified atom stereocenters. The normalized spacial score (nSPS) is 33.1. The monoisotopic (exact) mass is 380 g/mol. The van der Waals surface area contributed by atoms with Crippen LogP contribution in [0.5, 0.6) is 0 Å². The summed E-state index contributed by atoms with van der Waals surface area (Å²) in [6.07, 6.45) is -3.40. The number of hydrogen-bond acceptors (Lipinski definition) is 3. The molecule has 1 aliphatic heterocycles. The topological polar surface area (TPSA) is 38.7 Å². The first-order chi connectivity index (χ1) is 9.11. The largest absolute Gasteiger partial charge is 0.368 e. The molecule has 19 heavy (non-hydrogen) atoms. The summed E-state index contributed by atoms with van der Waals surface area (Å²) in [5, 5.41) is 9.61. The van der Waals surface area contributed by atoms with Crippen molar-refractivity contribution in [1.29, 1.82) is 0 Å². The number of alkyl halides is 2. The van der Waals surface area contributed by atoms with Crippen LogP contribution in [-0.2, 0) is 9.47 Å². The summed E-state index contributed by atoms with van der Waals surface area (Å²) in [4.78, 5) is 0. The maximum Gasteiger partial charge on any atom is 0.157 e. The molecule has 1 aromatic carbocycles. The van der Waals surface area contributed by atoms with Gasteiger partial charge in [0, 0.05) is 10.8 Å². The van der Waals surface area contributed by atoms with Crippen LogP contribution in [0, 0.1) is 0 Å². The zero-order chi connectivity index (χ0) is 13.8. The Morgan fingerprint density at radius 1 is 1.47 bits per heavy atom. The molecule has 1 fully saturated rings. The van der Waals surface area contributed by atoms with Gasteiger partial charge in [0.2, 0.25) is 0 Å². The number of aliphatic hydroxyl groups is 1. The van der Waals surface area contributed by atoms with E-state index in [1.807, 2.05) is 37.3 Å². The van der Waals surface area contributed by atoms with Crippen LogP contribution in [0.1, 0.15) is 25.0 Å². The molecule has 0 saturated carbocycles. The van der Waals surface area contributed by atoms with Gasteiger partial charge in [0.05, 0.1) is 12.2 Å². The summed E-state index contributed by atoms with van der Waals surface area (Å²) in [6.45, 7) is 1.89. The molecule has 106 valence electrons. The van der Waals surface area contributed by atoms with E-state index in [0.717, 1.165) is 5.56 Å². The molecule has 0 aromatic heterocycles. The third kappa shape index (κ3) is 3.87. The second kappa shape index (κ2) is 6.97. The van der Waals surface area contributed by atoms with E-state index >= 15 is 0 Å². The molecular formula is C14H18FIO3. The van der Waals surface area contributed by atoms with E-state index in [1.54, 1.807) is 0 Å². The molecule has 0 bridgehead atoms. The van der Waals surface area contributed by atoms with Crippen molar-refractivity contribution in [2.24, 2.45) is 0 Å². The maximum atomic E-state index is 14.2. The Bertz CT molecular complexity index is 390. The highest BCUT2D eigenvalue weighted by atomic mass is 127. The fourth-order valence-electron chi connectivity index (χ4n) is 2.22. The lowest BCUT2D eigenvalue weighted by atomic mass is 10.0. The van der Waals surface area contributed by atoms with E-state index < -0.39 is 24.7 Å². The minimum absolute atomic E-state index is 0.172. The minimum atomic E-state index is -1.20. The fraction of sp³-hybridized carbons (Fsp3) is 0.571. The molecule has 1 aliphatic rings. The number of hydrogen-bond donors (Lipinski definition) is 1. The maximum absolute atomic E-state index is 14.2. The van der Waals surface area contributed by atoms with Gasteiger partial charge in [-0.3, -0.25) is 0 Å². The summed E-state index contributed by atoms with van der Waals surface area (Å²) in [6, 6.07) is 9.68. The third-order valence-corrected chi connectivity index (χ3v) is 4.14. The molecule has 1 saturated heterocycles. The fourth-order valence-corrected chi connectivity index (χ4v) is 2.91. The Morgan fingerprint density at radius 2 is 2.16 bits per heavy atom. The average molecular weight is 380 g/mol. The van der Waals surface area contributed by atoms with Crippen molar-refractivity contribution < 1.29 is 19.0 Å². The van der Waals surface area contributed by atoms with Crippen LogP contribution in [0.25, 0.3) is 0 Å². The highest BCUT2D eigenvalue weighted by Crippen LogP contribution is 2.29. The van der Waals surface area contributed by atoms with Crippen molar-refractivity contribution in [3.63, 3.8) is 0 Å². The first-order valence-corrected chi connectivity index (χ1v) is 7.88. The minimum Gasteiger partial charge on any atom is -0.368 e. The Kier molecular flexibility index (Phi) is 5.56. The standard InChI is InChI=1S/C14H18FIO3/c1-9(10-5-3-2-4-6-10)18-11-7-13(17)19-12(8-16)14(11)15/h2-6,9,11-14,17H,7-8H2,1H3/t9?,11-,12+,13?,14+/m0/s1. The summed E-state index contributed by atoms with van der Waals surface area (Å²) in [5.74, 6) is 0. The van der Waals surface area contributed by atoms with Gasteiger partial charge in [-0.05, 0) is 12.5 Å². The molecule has 0 spiro atoms. The van der Waals surface area contributed by atoms with Gasteiger partial charge in [-0.15, -0.1) is 0 Å². The first kappa shape index (κ1) is 15.2. The molecule has 1 aromatic rings. The summed E-state index contributed by atoms with van der Waals surface area (Å²) in [7, 11) is 0. The van der Waals surface area contributed by atoms with E-state index in [9.17, 15) is 9.50 Å². The molecule has 0 radical (unpaired) electrons. The quantitative estimate of drug-likeness (QED) is 0.645. The average Bonchev–Trinajstić information content (AvgIpc) is 2.43. The van der Waals surface area contributed by atoms with E-state index in [1.165, 1.54) is 0 Å². The number of rotatable bonds is 4. The second-order valence-corrected chi connectivity index (χ2v) is 5.57. The van der Waals surface area contributed by atoms with E-state index in [-0.39, 0.29) is 12.5 Å². The van der Waals surface area contributed by atoms with Crippen molar-refractivity contribution in [3.8, 4) is 0 Å². The number of ether oxygens (including phenoxy) is 2. The van der Waals surface area contributed by atoms with Gasteiger partial charge in [0.15, 0.2) is 12.5 Å². The molecule has 1 N–H and O–H groups in total. The van der Waals surface area contributed by atoms with Gasteiger partial charge in [0.1, 0.15) is 6.10 Å². The third-order valence-electron chi connectivity index (χ3n) is 3.28. The molecule has 5 atom stereocenters. The van der Waals surface area contributed by atoms with E-state index in [4.69, 9.17) is 9.47 Å². The molecule has 2 rings (SSSR count). The summed E-state index contributed by atoms with van der Waals surface area (Å²) < 4.78 is 25.6. The highest BCUT2D eigenvalue weighted by Gasteiger charge is 2.39. The molecular weight excluding hydrogens is 362 g/mol. The van der Waals surface area contributed by atoms with Crippen LogP contribution < -0.4 is 0 Å². The van der Waals surface area contributed by atoms with Crippen molar-refractivity contribution in [1.82, 2.24) is 0 Å². The van der Waals surface area contributed by atoms with Gasteiger partial charge in [-0.1, -0.05) is 52.9 Å². The smallest absolute Gasteiger partial charge is 0.157 e. The van der Waals surface area contributed by atoms with Crippen molar-refractivity contribution in [2.75, 3.05) is 4.43 Å². The number of halogens is 2. The first-order valence-electron chi connectivity index (χ1n) is 6.35. The number of aliphatic hydroxyl groups excluding tert-OH is 1. The molecule has 5 heteroatoms. The van der Waals surface area contributed by atoms with Crippen molar-refractivity contribution >= 4 is 22.6 Å².